The van der Waals surface area contributed by atoms with Crippen molar-refractivity contribution in [3.05, 3.63) is 30.1 Å². The molecule has 1 atom stereocenters. The van der Waals surface area contributed by atoms with Crippen LogP contribution in [0, 0.1) is 0 Å². The Morgan fingerprint density at radius 3 is 3.29 bits per heavy atom. The molecule has 1 fully saturated rings. The molecule has 2 aromatic rings. The molecule has 17 heavy (non-hydrogen) atoms. The lowest BCUT2D eigenvalue weighted by Gasteiger charge is -2.31. The van der Waals surface area contributed by atoms with E-state index in [1.54, 1.807) is 6.33 Å². The summed E-state index contributed by atoms with van der Waals surface area (Å²) in [5, 5.41) is 3.57. The molecule has 2 heterocycles. The van der Waals surface area contributed by atoms with Crippen molar-refractivity contribution >= 4 is 11.0 Å². The lowest BCUT2D eigenvalue weighted by molar-refractivity contribution is 0.238. The van der Waals surface area contributed by atoms with Gasteiger partial charge in [0, 0.05) is 25.7 Å². The quantitative estimate of drug-likeness (QED) is 0.809. The third kappa shape index (κ3) is 2.33. The molecule has 90 valence electrons. The number of H-pyrrole nitrogens is 1. The van der Waals surface area contributed by atoms with Crippen LogP contribution in [0.15, 0.2) is 24.5 Å². The molecule has 4 nitrogen and oxygen atoms in total. The molecule has 1 unspecified atom stereocenters. The Morgan fingerprint density at radius 2 is 2.41 bits per heavy atom. The van der Waals surface area contributed by atoms with Crippen molar-refractivity contribution in [1.82, 2.24) is 20.2 Å². The lowest BCUT2D eigenvalue weighted by atomic mass is 10.0. The van der Waals surface area contributed by atoms with Crippen LogP contribution in [-0.2, 0) is 6.42 Å². The predicted molar refractivity (Wildman–Crippen MR) is 69.1 cm³/mol. The maximum absolute atomic E-state index is 4.24. The molecule has 0 spiro atoms. The number of nitrogens with zero attached hydrogens (tertiary/aromatic N) is 2. The molecule has 1 aromatic carbocycles. The summed E-state index contributed by atoms with van der Waals surface area (Å²) in [6.45, 7) is 3.37. The van der Waals surface area contributed by atoms with Crippen LogP contribution in [0.25, 0.3) is 11.0 Å². The second kappa shape index (κ2) is 4.47. The fourth-order valence-corrected chi connectivity index (χ4v) is 2.52. The highest BCUT2D eigenvalue weighted by atomic mass is 15.2. The van der Waals surface area contributed by atoms with Crippen LogP contribution in [0.1, 0.15) is 5.56 Å². The number of likely N-dealkylation sites (N-methyl/N-ethyl adjacent to an activating group) is 1. The molecule has 1 aliphatic rings. The van der Waals surface area contributed by atoms with Crippen LogP contribution in [0.4, 0.5) is 0 Å². The Kier molecular flexibility index (Phi) is 2.82. The van der Waals surface area contributed by atoms with Gasteiger partial charge >= 0.3 is 0 Å². The van der Waals surface area contributed by atoms with E-state index in [-0.39, 0.29) is 0 Å². The van der Waals surface area contributed by atoms with Crippen LogP contribution >= 0.6 is 0 Å². The Bertz CT molecular complexity index is 505. The third-order valence-electron chi connectivity index (χ3n) is 3.43. The van der Waals surface area contributed by atoms with Crippen LogP contribution in [0.5, 0.6) is 0 Å². The standard InChI is InChI=1S/C13H18N4/c1-17-5-4-14-11(8-17)6-10-2-3-12-13(7-10)16-9-15-12/h2-3,7,9,11,14H,4-6,8H2,1H3,(H,15,16). The third-order valence-corrected chi connectivity index (χ3v) is 3.43. The molecule has 0 saturated carbocycles. The van der Waals surface area contributed by atoms with E-state index >= 15 is 0 Å². The number of hydrogen-bond donors (Lipinski definition) is 2. The van der Waals surface area contributed by atoms with Crippen LogP contribution in [0.3, 0.4) is 0 Å². The van der Waals surface area contributed by atoms with E-state index in [0.29, 0.717) is 6.04 Å². The number of fused-ring (bicyclic) bond motifs is 1. The van der Waals surface area contributed by atoms with Crippen molar-refractivity contribution in [2.75, 3.05) is 26.7 Å². The molecule has 0 amide bonds. The highest BCUT2D eigenvalue weighted by molar-refractivity contribution is 5.75. The second-order valence-corrected chi connectivity index (χ2v) is 4.87. The first-order valence-corrected chi connectivity index (χ1v) is 6.15. The number of imidazole rings is 1. The van der Waals surface area contributed by atoms with Gasteiger partial charge in [0.1, 0.15) is 0 Å². The van der Waals surface area contributed by atoms with Crippen molar-refractivity contribution in [2.24, 2.45) is 0 Å². The zero-order valence-corrected chi connectivity index (χ0v) is 10.1. The molecule has 4 heteroatoms. The van der Waals surface area contributed by atoms with Crippen LogP contribution in [-0.4, -0.2) is 47.6 Å². The van der Waals surface area contributed by atoms with Gasteiger partial charge in [0.15, 0.2) is 0 Å². The second-order valence-electron chi connectivity index (χ2n) is 4.87. The Hall–Kier alpha value is -1.39. The summed E-state index contributed by atoms with van der Waals surface area (Å²) in [7, 11) is 2.19. The average Bonchev–Trinajstić information content (AvgIpc) is 2.76. The predicted octanol–water partition coefficient (Wildman–Crippen LogP) is 1.01. The van der Waals surface area contributed by atoms with E-state index in [4.69, 9.17) is 0 Å². The van der Waals surface area contributed by atoms with Gasteiger partial charge in [0.25, 0.3) is 0 Å². The normalized spacial score (nSPS) is 22.1. The molecule has 0 bridgehead atoms. The number of aromatic amines is 1. The minimum Gasteiger partial charge on any atom is -0.345 e. The maximum atomic E-state index is 4.24. The van der Waals surface area contributed by atoms with E-state index in [1.165, 1.54) is 5.56 Å². The minimum absolute atomic E-state index is 0.564. The SMILES string of the molecule is CN1CCNC(Cc2ccc3nc[nH]c3c2)C1. The zero-order chi connectivity index (χ0) is 11.7. The molecule has 1 aliphatic heterocycles. The van der Waals surface area contributed by atoms with Gasteiger partial charge in [-0.1, -0.05) is 6.07 Å². The molecular formula is C13H18N4. The van der Waals surface area contributed by atoms with Gasteiger partial charge in [0.05, 0.1) is 17.4 Å². The molecule has 1 saturated heterocycles. The van der Waals surface area contributed by atoms with E-state index in [0.717, 1.165) is 37.1 Å². The van der Waals surface area contributed by atoms with Crippen molar-refractivity contribution in [3.8, 4) is 0 Å². The van der Waals surface area contributed by atoms with Crippen LogP contribution < -0.4 is 5.32 Å². The molecular weight excluding hydrogens is 212 g/mol. The first kappa shape index (κ1) is 10.7. The van der Waals surface area contributed by atoms with E-state index < -0.39 is 0 Å². The molecule has 0 aliphatic carbocycles. The summed E-state index contributed by atoms with van der Waals surface area (Å²) in [5.74, 6) is 0. The first-order valence-electron chi connectivity index (χ1n) is 6.15. The number of aromatic nitrogens is 2. The number of nitrogens with one attached hydrogen (secondary N) is 2. The van der Waals surface area contributed by atoms with Crippen molar-refractivity contribution in [2.45, 2.75) is 12.5 Å². The lowest BCUT2D eigenvalue weighted by Crippen LogP contribution is -2.49. The summed E-state index contributed by atoms with van der Waals surface area (Å²) in [6.07, 6.45) is 2.83. The summed E-state index contributed by atoms with van der Waals surface area (Å²) in [6, 6.07) is 7.04. The molecule has 3 rings (SSSR count). The van der Waals surface area contributed by atoms with Gasteiger partial charge < -0.3 is 15.2 Å². The monoisotopic (exact) mass is 230 g/mol. The average molecular weight is 230 g/mol. The number of benzene rings is 1. The van der Waals surface area contributed by atoms with Crippen molar-refractivity contribution in [3.63, 3.8) is 0 Å². The van der Waals surface area contributed by atoms with Crippen molar-refractivity contribution in [1.29, 1.82) is 0 Å². The van der Waals surface area contributed by atoms with Gasteiger partial charge in [0.2, 0.25) is 0 Å². The maximum Gasteiger partial charge on any atom is 0.0931 e. The van der Waals surface area contributed by atoms with E-state index in [9.17, 15) is 0 Å². The largest absolute Gasteiger partial charge is 0.345 e. The van der Waals surface area contributed by atoms with Gasteiger partial charge in [-0.15, -0.1) is 0 Å². The summed E-state index contributed by atoms with van der Waals surface area (Å²) in [4.78, 5) is 9.79. The summed E-state index contributed by atoms with van der Waals surface area (Å²) in [5.41, 5.74) is 3.55. The van der Waals surface area contributed by atoms with Gasteiger partial charge in [-0.25, -0.2) is 4.98 Å². The topological polar surface area (TPSA) is 44.0 Å². The van der Waals surface area contributed by atoms with Gasteiger partial charge in [-0.2, -0.15) is 0 Å². The summed E-state index contributed by atoms with van der Waals surface area (Å²) < 4.78 is 0. The molecule has 0 radical (unpaired) electrons. The Morgan fingerprint density at radius 1 is 1.47 bits per heavy atom. The number of hydrogen-bond acceptors (Lipinski definition) is 3. The van der Waals surface area contributed by atoms with Gasteiger partial charge in [-0.3, -0.25) is 0 Å². The smallest absolute Gasteiger partial charge is 0.0931 e. The van der Waals surface area contributed by atoms with Crippen molar-refractivity contribution < 1.29 is 0 Å². The summed E-state index contributed by atoms with van der Waals surface area (Å²) >= 11 is 0. The van der Waals surface area contributed by atoms with Crippen LogP contribution in [0.2, 0.25) is 0 Å². The van der Waals surface area contributed by atoms with E-state index in [2.05, 4.69) is 45.4 Å². The number of piperazine rings is 1. The number of rotatable bonds is 2. The minimum atomic E-state index is 0.564. The zero-order valence-electron chi connectivity index (χ0n) is 10.1. The Labute approximate surface area is 101 Å². The van der Waals surface area contributed by atoms with Gasteiger partial charge in [-0.05, 0) is 31.2 Å². The fourth-order valence-electron chi connectivity index (χ4n) is 2.52. The molecule has 1 aromatic heterocycles. The first-order chi connectivity index (χ1) is 8.31. The highest BCUT2D eigenvalue weighted by Crippen LogP contribution is 2.14. The fraction of sp³-hybridized carbons (Fsp3) is 0.462. The highest BCUT2D eigenvalue weighted by Gasteiger charge is 2.16. The Balaban J connectivity index is 1.75. The van der Waals surface area contributed by atoms with E-state index in [1.807, 2.05) is 0 Å². The molecule has 2 N–H and O–H groups in total.